The third-order valence-electron chi connectivity index (χ3n) is 5.40. The molecule has 30 heavy (non-hydrogen) atoms. The van der Waals surface area contributed by atoms with Gasteiger partial charge in [-0.2, -0.15) is 0 Å². The first-order valence-corrected chi connectivity index (χ1v) is 10.2. The molecule has 6 nitrogen and oxygen atoms in total. The summed E-state index contributed by atoms with van der Waals surface area (Å²) in [6, 6.07) is 16.2. The van der Waals surface area contributed by atoms with Crippen LogP contribution in [0.2, 0.25) is 0 Å². The molecule has 1 amide bonds. The fraction of sp³-hybridized carbons (Fsp3) is 0.333. The molecule has 0 unspecified atom stereocenters. The highest BCUT2D eigenvalue weighted by Gasteiger charge is 2.33. The number of hydrazine groups is 1. The fourth-order valence-corrected chi connectivity index (χ4v) is 3.62. The molecule has 0 saturated carbocycles. The number of carbonyl (C=O) groups is 2. The highest BCUT2D eigenvalue weighted by atomic mass is 16.6. The Morgan fingerprint density at radius 3 is 2.23 bits per heavy atom. The van der Waals surface area contributed by atoms with Crippen LogP contribution < -0.4 is 10.9 Å². The Bertz CT molecular complexity index is 895. The molecule has 3 rings (SSSR count). The van der Waals surface area contributed by atoms with Crippen LogP contribution >= 0.6 is 0 Å². The third kappa shape index (κ3) is 4.71. The minimum Gasteiger partial charge on any atom is -0.480 e. The summed E-state index contributed by atoms with van der Waals surface area (Å²) in [5.41, 5.74) is 8.22. The number of carbonyl (C=O) groups excluding carboxylic acids is 1. The van der Waals surface area contributed by atoms with Crippen LogP contribution in [0.4, 0.5) is 4.79 Å². The molecule has 1 atom stereocenters. The number of rotatable bonds is 9. The van der Waals surface area contributed by atoms with Gasteiger partial charge in [0, 0.05) is 5.92 Å². The molecule has 0 radical (unpaired) electrons. The molecular weight excluding hydrogens is 380 g/mol. The van der Waals surface area contributed by atoms with Crippen molar-refractivity contribution in [1.82, 2.24) is 10.9 Å². The predicted molar refractivity (Wildman–Crippen MR) is 116 cm³/mol. The number of allylic oxidation sites excluding steroid dienone is 1. The largest absolute Gasteiger partial charge is 0.480 e. The zero-order chi connectivity index (χ0) is 21.6. The summed E-state index contributed by atoms with van der Waals surface area (Å²) < 4.78 is 5.43. The maximum atomic E-state index is 12.3. The summed E-state index contributed by atoms with van der Waals surface area (Å²) in [7, 11) is 0. The molecule has 0 heterocycles. The van der Waals surface area contributed by atoms with Crippen molar-refractivity contribution in [1.29, 1.82) is 0 Å². The number of fused-ring (bicyclic) bond motifs is 3. The molecule has 1 aliphatic rings. The van der Waals surface area contributed by atoms with Gasteiger partial charge in [0.25, 0.3) is 0 Å². The average Bonchev–Trinajstić information content (AvgIpc) is 3.07. The number of unbranched alkanes of at least 4 members (excludes halogenated alkanes) is 1. The molecule has 0 aliphatic heterocycles. The van der Waals surface area contributed by atoms with E-state index < -0.39 is 17.6 Å². The normalized spacial score (nSPS) is 14.7. The monoisotopic (exact) mass is 408 g/mol. The number of carboxylic acid groups (broad SMARTS) is 1. The quantitative estimate of drug-likeness (QED) is 0.416. The van der Waals surface area contributed by atoms with Crippen LogP contribution in [-0.4, -0.2) is 29.3 Å². The van der Waals surface area contributed by atoms with E-state index in [0.29, 0.717) is 0 Å². The maximum Gasteiger partial charge on any atom is 0.421 e. The molecule has 2 aromatic carbocycles. The van der Waals surface area contributed by atoms with Crippen molar-refractivity contribution in [2.24, 2.45) is 0 Å². The molecule has 2 aromatic rings. The average molecular weight is 408 g/mol. The molecule has 0 saturated heterocycles. The van der Waals surface area contributed by atoms with Gasteiger partial charge >= 0.3 is 12.1 Å². The number of ether oxygens (including phenoxy) is 1. The van der Waals surface area contributed by atoms with Gasteiger partial charge in [-0.05, 0) is 42.0 Å². The van der Waals surface area contributed by atoms with Gasteiger partial charge in [0.05, 0.1) is 0 Å². The van der Waals surface area contributed by atoms with Gasteiger partial charge in [-0.15, -0.1) is 0 Å². The van der Waals surface area contributed by atoms with Crippen LogP contribution in [0.15, 0.2) is 60.7 Å². The Labute approximate surface area is 176 Å². The molecule has 0 fully saturated rings. The zero-order valence-electron chi connectivity index (χ0n) is 17.4. The van der Waals surface area contributed by atoms with Crippen molar-refractivity contribution in [2.45, 2.75) is 44.6 Å². The number of hydrogen-bond donors (Lipinski definition) is 3. The van der Waals surface area contributed by atoms with Crippen LogP contribution in [-0.2, 0) is 9.53 Å². The lowest BCUT2D eigenvalue weighted by Crippen LogP contribution is -2.57. The van der Waals surface area contributed by atoms with E-state index >= 15 is 0 Å². The number of aliphatic carboxylic acids is 1. The number of hydrogen-bond acceptors (Lipinski definition) is 4. The third-order valence-corrected chi connectivity index (χ3v) is 5.40. The summed E-state index contributed by atoms with van der Waals surface area (Å²) in [4.78, 5) is 23.9. The van der Waals surface area contributed by atoms with E-state index in [1.54, 1.807) is 0 Å². The minimum atomic E-state index is -1.32. The number of carboxylic acids is 1. The van der Waals surface area contributed by atoms with Gasteiger partial charge in [0.2, 0.25) is 0 Å². The lowest BCUT2D eigenvalue weighted by atomic mass is 9.98. The van der Waals surface area contributed by atoms with Crippen LogP contribution in [0.1, 0.15) is 50.2 Å². The van der Waals surface area contributed by atoms with Gasteiger partial charge in [-0.3, -0.25) is 10.2 Å². The molecule has 0 spiro atoms. The molecule has 0 bridgehead atoms. The smallest absolute Gasteiger partial charge is 0.421 e. The van der Waals surface area contributed by atoms with Crippen molar-refractivity contribution < 1.29 is 19.4 Å². The Morgan fingerprint density at radius 1 is 1.07 bits per heavy atom. The SMILES string of the molecule is CCCC=CC[C@@](C)(NNC(=O)OCC1c2ccccc2-c2ccccc21)C(=O)O. The Hall–Kier alpha value is -3.12. The molecule has 1 aliphatic carbocycles. The molecular formula is C24H28N2O4. The van der Waals surface area contributed by atoms with E-state index in [-0.39, 0.29) is 18.9 Å². The second-order valence-corrected chi connectivity index (χ2v) is 7.68. The van der Waals surface area contributed by atoms with Gasteiger partial charge < -0.3 is 9.84 Å². The lowest BCUT2D eigenvalue weighted by molar-refractivity contribution is -0.144. The van der Waals surface area contributed by atoms with Crippen molar-refractivity contribution in [3.63, 3.8) is 0 Å². The van der Waals surface area contributed by atoms with Gasteiger partial charge in [-0.1, -0.05) is 74.0 Å². The topological polar surface area (TPSA) is 87.7 Å². The second kappa shape index (κ2) is 9.59. The molecule has 0 aromatic heterocycles. The Kier molecular flexibility index (Phi) is 6.90. The van der Waals surface area contributed by atoms with Crippen LogP contribution in [0.25, 0.3) is 11.1 Å². The first kappa shape index (κ1) is 21.6. The van der Waals surface area contributed by atoms with Crippen LogP contribution in [0, 0.1) is 0 Å². The molecule has 3 N–H and O–H groups in total. The number of nitrogens with one attached hydrogen (secondary N) is 2. The molecule has 158 valence electrons. The second-order valence-electron chi connectivity index (χ2n) is 7.68. The lowest BCUT2D eigenvalue weighted by Gasteiger charge is -2.25. The first-order valence-electron chi connectivity index (χ1n) is 10.2. The summed E-state index contributed by atoms with van der Waals surface area (Å²) in [5, 5.41) is 9.53. The van der Waals surface area contributed by atoms with E-state index in [9.17, 15) is 14.7 Å². The highest BCUT2D eigenvalue weighted by Crippen LogP contribution is 2.44. The minimum absolute atomic E-state index is 0.0500. The van der Waals surface area contributed by atoms with Gasteiger partial charge in [-0.25, -0.2) is 10.2 Å². The highest BCUT2D eigenvalue weighted by molar-refractivity contribution is 5.80. The van der Waals surface area contributed by atoms with Crippen LogP contribution in [0.3, 0.4) is 0 Å². The van der Waals surface area contributed by atoms with E-state index in [4.69, 9.17) is 4.74 Å². The number of amides is 1. The zero-order valence-corrected chi connectivity index (χ0v) is 17.4. The van der Waals surface area contributed by atoms with Crippen molar-refractivity contribution >= 4 is 12.1 Å². The van der Waals surface area contributed by atoms with Gasteiger partial charge in [0.15, 0.2) is 0 Å². The standard InChI is InChI=1S/C24H28N2O4/c1-3-4-5-10-15-24(2,22(27)28)26-25-23(29)30-16-21-19-13-8-6-11-17(19)18-12-7-9-14-20(18)21/h5-14,21,26H,3-4,15-16H2,1-2H3,(H,25,29)(H,27,28)/t24-/m1/s1. The molecule has 6 heteroatoms. The van der Waals surface area contributed by atoms with Crippen molar-refractivity contribution in [2.75, 3.05) is 6.61 Å². The van der Waals surface area contributed by atoms with E-state index in [0.717, 1.165) is 35.1 Å². The Balaban J connectivity index is 1.60. The van der Waals surface area contributed by atoms with E-state index in [1.165, 1.54) is 6.92 Å². The number of benzene rings is 2. The maximum absolute atomic E-state index is 12.3. The fourth-order valence-electron chi connectivity index (χ4n) is 3.62. The summed E-state index contributed by atoms with van der Waals surface area (Å²) in [5.74, 6) is -1.10. The predicted octanol–water partition coefficient (Wildman–Crippen LogP) is 4.62. The first-order chi connectivity index (χ1) is 14.5. The van der Waals surface area contributed by atoms with E-state index in [1.807, 2.05) is 48.6 Å². The summed E-state index contributed by atoms with van der Waals surface area (Å²) >= 11 is 0. The van der Waals surface area contributed by atoms with Crippen LogP contribution in [0.5, 0.6) is 0 Å². The Morgan fingerprint density at radius 2 is 1.67 bits per heavy atom. The van der Waals surface area contributed by atoms with Crippen molar-refractivity contribution in [3.05, 3.63) is 71.8 Å². The van der Waals surface area contributed by atoms with Gasteiger partial charge in [0.1, 0.15) is 12.1 Å². The summed E-state index contributed by atoms with van der Waals surface area (Å²) in [6.07, 6.45) is 5.16. The van der Waals surface area contributed by atoms with Crippen molar-refractivity contribution in [3.8, 4) is 11.1 Å². The summed E-state index contributed by atoms with van der Waals surface area (Å²) in [6.45, 7) is 3.74. The van der Waals surface area contributed by atoms with E-state index in [2.05, 4.69) is 29.9 Å².